The second-order valence-electron chi connectivity index (χ2n) is 4.57. The average molecular weight is 239 g/mol. The molecular formula is C14H13N3O. The van der Waals surface area contributed by atoms with Crippen molar-refractivity contribution in [1.29, 1.82) is 5.26 Å². The van der Waals surface area contributed by atoms with Gasteiger partial charge in [0.2, 0.25) is 0 Å². The minimum Gasteiger partial charge on any atom is -0.334 e. The van der Waals surface area contributed by atoms with E-state index < -0.39 is 5.54 Å². The molecule has 18 heavy (non-hydrogen) atoms. The molecule has 0 saturated heterocycles. The summed E-state index contributed by atoms with van der Waals surface area (Å²) in [7, 11) is 0. The molecule has 4 heteroatoms. The molecule has 0 saturated carbocycles. The first-order chi connectivity index (χ1) is 8.53. The van der Waals surface area contributed by atoms with Crippen LogP contribution in [0.5, 0.6) is 0 Å². The fourth-order valence-electron chi connectivity index (χ4n) is 1.67. The minimum absolute atomic E-state index is 0.264. The molecule has 0 aliphatic rings. The first-order valence-electron chi connectivity index (χ1n) is 5.61. The van der Waals surface area contributed by atoms with Crippen molar-refractivity contribution in [2.75, 3.05) is 0 Å². The second-order valence-corrected chi connectivity index (χ2v) is 4.57. The van der Waals surface area contributed by atoms with Gasteiger partial charge in [0.05, 0.1) is 17.1 Å². The molecule has 0 atom stereocenters. The van der Waals surface area contributed by atoms with E-state index in [-0.39, 0.29) is 5.91 Å². The van der Waals surface area contributed by atoms with E-state index in [1.165, 1.54) is 0 Å². The number of aromatic nitrogens is 1. The largest absolute Gasteiger partial charge is 0.334 e. The molecule has 1 heterocycles. The number of hydrogen-bond acceptors (Lipinski definition) is 3. The van der Waals surface area contributed by atoms with Crippen molar-refractivity contribution in [3.05, 3.63) is 42.1 Å². The van der Waals surface area contributed by atoms with E-state index in [9.17, 15) is 4.79 Å². The maximum atomic E-state index is 12.1. The summed E-state index contributed by atoms with van der Waals surface area (Å²) in [5.41, 5.74) is 0.408. The Morgan fingerprint density at radius 3 is 2.78 bits per heavy atom. The molecule has 1 N–H and O–H groups in total. The van der Waals surface area contributed by atoms with Gasteiger partial charge in [0.15, 0.2) is 0 Å². The zero-order valence-corrected chi connectivity index (χ0v) is 10.3. The van der Waals surface area contributed by atoms with Crippen LogP contribution in [0, 0.1) is 11.3 Å². The predicted molar refractivity (Wildman–Crippen MR) is 68.9 cm³/mol. The Morgan fingerprint density at radius 1 is 1.33 bits per heavy atom. The van der Waals surface area contributed by atoms with E-state index in [4.69, 9.17) is 5.26 Å². The predicted octanol–water partition coefficient (Wildman–Crippen LogP) is 2.27. The normalized spacial score (nSPS) is 10.9. The summed E-state index contributed by atoms with van der Waals surface area (Å²) >= 11 is 0. The zero-order chi connectivity index (χ0) is 13.2. The quantitative estimate of drug-likeness (QED) is 0.874. The fraction of sp³-hybridized carbons (Fsp3) is 0.214. The molecule has 0 aliphatic carbocycles. The van der Waals surface area contributed by atoms with Gasteiger partial charge in [-0.3, -0.25) is 9.78 Å². The minimum atomic E-state index is -0.887. The summed E-state index contributed by atoms with van der Waals surface area (Å²) in [6, 6.07) is 11.1. The van der Waals surface area contributed by atoms with Gasteiger partial charge in [0, 0.05) is 11.6 Å². The Kier molecular flexibility index (Phi) is 2.99. The number of hydrogen-bond donors (Lipinski definition) is 1. The molecule has 0 unspecified atom stereocenters. The van der Waals surface area contributed by atoms with Crippen LogP contribution in [0.15, 0.2) is 36.5 Å². The number of nitrogens with zero attached hydrogens (tertiary/aromatic N) is 2. The van der Waals surface area contributed by atoms with Crippen molar-refractivity contribution >= 4 is 16.8 Å². The lowest BCUT2D eigenvalue weighted by atomic mass is 10.0. The molecule has 0 bridgehead atoms. The van der Waals surface area contributed by atoms with E-state index >= 15 is 0 Å². The summed E-state index contributed by atoms with van der Waals surface area (Å²) in [5.74, 6) is -0.264. The van der Waals surface area contributed by atoms with Crippen LogP contribution in [0.25, 0.3) is 10.9 Å². The molecule has 2 rings (SSSR count). The molecule has 0 spiro atoms. The molecule has 1 aromatic heterocycles. The molecule has 2 aromatic rings. The number of fused-ring (bicyclic) bond motifs is 1. The SMILES string of the molecule is CC(C)(C#N)NC(=O)c1ccnc2ccccc12. The maximum Gasteiger partial charge on any atom is 0.253 e. The van der Waals surface area contributed by atoms with Gasteiger partial charge in [0.1, 0.15) is 5.54 Å². The zero-order valence-electron chi connectivity index (χ0n) is 10.3. The van der Waals surface area contributed by atoms with Crippen molar-refractivity contribution < 1.29 is 4.79 Å². The lowest BCUT2D eigenvalue weighted by Crippen LogP contribution is -2.42. The summed E-state index contributed by atoms with van der Waals surface area (Å²) in [4.78, 5) is 16.3. The molecule has 1 amide bonds. The van der Waals surface area contributed by atoms with Crippen LogP contribution in [-0.2, 0) is 0 Å². The molecule has 0 radical (unpaired) electrons. The van der Waals surface area contributed by atoms with Gasteiger partial charge < -0.3 is 5.32 Å². The topological polar surface area (TPSA) is 65.8 Å². The van der Waals surface area contributed by atoms with Crippen molar-refractivity contribution in [3.8, 4) is 6.07 Å². The number of rotatable bonds is 2. The highest BCUT2D eigenvalue weighted by atomic mass is 16.1. The van der Waals surface area contributed by atoms with Crippen LogP contribution in [0.3, 0.4) is 0 Å². The summed E-state index contributed by atoms with van der Waals surface area (Å²) in [5, 5.41) is 12.4. The fourth-order valence-corrected chi connectivity index (χ4v) is 1.67. The Hall–Kier alpha value is -2.41. The number of benzene rings is 1. The Bertz CT molecular complexity index is 636. The van der Waals surface area contributed by atoms with Gasteiger partial charge in [-0.2, -0.15) is 5.26 Å². The Balaban J connectivity index is 2.43. The van der Waals surface area contributed by atoms with Crippen molar-refractivity contribution in [2.45, 2.75) is 19.4 Å². The van der Waals surface area contributed by atoms with E-state index in [0.29, 0.717) is 5.56 Å². The van der Waals surface area contributed by atoms with Crippen molar-refractivity contribution in [3.63, 3.8) is 0 Å². The van der Waals surface area contributed by atoms with Crippen LogP contribution >= 0.6 is 0 Å². The van der Waals surface area contributed by atoms with E-state index in [0.717, 1.165) is 10.9 Å². The highest BCUT2D eigenvalue weighted by Crippen LogP contribution is 2.16. The molecular weight excluding hydrogens is 226 g/mol. The molecule has 0 fully saturated rings. The number of pyridine rings is 1. The molecule has 0 aliphatic heterocycles. The number of nitriles is 1. The van der Waals surface area contributed by atoms with Gasteiger partial charge in [-0.25, -0.2) is 0 Å². The van der Waals surface area contributed by atoms with Gasteiger partial charge in [-0.1, -0.05) is 18.2 Å². The second kappa shape index (κ2) is 4.46. The average Bonchev–Trinajstić information content (AvgIpc) is 2.37. The number of para-hydroxylation sites is 1. The third kappa shape index (κ3) is 2.30. The monoisotopic (exact) mass is 239 g/mol. The first-order valence-corrected chi connectivity index (χ1v) is 5.61. The molecule has 4 nitrogen and oxygen atoms in total. The third-order valence-corrected chi connectivity index (χ3v) is 2.60. The highest BCUT2D eigenvalue weighted by Gasteiger charge is 2.21. The maximum absolute atomic E-state index is 12.1. The van der Waals surface area contributed by atoms with E-state index in [2.05, 4.69) is 10.3 Å². The number of carbonyl (C=O) groups is 1. The van der Waals surface area contributed by atoms with Crippen molar-refractivity contribution in [2.24, 2.45) is 0 Å². The lowest BCUT2D eigenvalue weighted by Gasteiger charge is -2.17. The Morgan fingerprint density at radius 2 is 2.06 bits per heavy atom. The first kappa shape index (κ1) is 12.1. The van der Waals surface area contributed by atoms with Crippen LogP contribution < -0.4 is 5.32 Å². The van der Waals surface area contributed by atoms with Gasteiger partial charge in [0.25, 0.3) is 5.91 Å². The van der Waals surface area contributed by atoms with Gasteiger partial charge >= 0.3 is 0 Å². The van der Waals surface area contributed by atoms with Crippen LogP contribution in [0.2, 0.25) is 0 Å². The summed E-state index contributed by atoms with van der Waals surface area (Å²) in [6.45, 7) is 3.32. The Labute approximate surface area is 105 Å². The molecule has 1 aromatic carbocycles. The van der Waals surface area contributed by atoms with Gasteiger partial charge in [-0.15, -0.1) is 0 Å². The van der Waals surface area contributed by atoms with Crippen molar-refractivity contribution in [1.82, 2.24) is 10.3 Å². The number of carbonyl (C=O) groups excluding carboxylic acids is 1. The summed E-state index contributed by atoms with van der Waals surface area (Å²) in [6.07, 6.45) is 1.59. The van der Waals surface area contributed by atoms with Crippen LogP contribution in [-0.4, -0.2) is 16.4 Å². The van der Waals surface area contributed by atoms with Crippen LogP contribution in [0.1, 0.15) is 24.2 Å². The van der Waals surface area contributed by atoms with E-state index in [1.54, 1.807) is 26.1 Å². The number of nitrogens with one attached hydrogen (secondary N) is 1. The van der Waals surface area contributed by atoms with E-state index in [1.807, 2.05) is 30.3 Å². The third-order valence-electron chi connectivity index (χ3n) is 2.60. The van der Waals surface area contributed by atoms with Gasteiger partial charge in [-0.05, 0) is 26.0 Å². The summed E-state index contributed by atoms with van der Waals surface area (Å²) < 4.78 is 0. The molecule has 90 valence electrons. The standard InChI is InChI=1S/C14H13N3O/c1-14(2,9-15)17-13(18)11-7-8-16-12-6-4-3-5-10(11)12/h3-8H,1-2H3,(H,17,18). The highest BCUT2D eigenvalue weighted by molar-refractivity contribution is 6.06. The lowest BCUT2D eigenvalue weighted by molar-refractivity contribution is 0.0931. The number of amides is 1. The smallest absolute Gasteiger partial charge is 0.253 e. The van der Waals surface area contributed by atoms with Crippen LogP contribution in [0.4, 0.5) is 0 Å².